The van der Waals surface area contributed by atoms with Gasteiger partial charge in [-0.15, -0.1) is 0 Å². The summed E-state index contributed by atoms with van der Waals surface area (Å²) in [5.41, 5.74) is 0.957. The van der Waals surface area contributed by atoms with Crippen molar-refractivity contribution in [3.05, 3.63) is 29.8 Å². The molecule has 148 valence electrons. The van der Waals surface area contributed by atoms with Crippen LogP contribution >= 0.6 is 0 Å². The molecule has 1 atom stereocenters. The molecule has 1 aromatic carbocycles. The molecule has 1 amide bonds. The molecule has 26 heavy (non-hydrogen) atoms. The highest BCUT2D eigenvalue weighted by molar-refractivity contribution is 7.87. The van der Waals surface area contributed by atoms with Crippen LogP contribution in [0.5, 0.6) is 5.75 Å². The lowest BCUT2D eigenvalue weighted by atomic mass is 9.97. The van der Waals surface area contributed by atoms with E-state index < -0.39 is 10.1 Å². The minimum Gasteiger partial charge on any atom is -0.382 e. The fourth-order valence-electron chi connectivity index (χ4n) is 2.75. The summed E-state index contributed by atoms with van der Waals surface area (Å²) in [5.74, 6) is 0.493. The van der Waals surface area contributed by atoms with Crippen molar-refractivity contribution in [2.75, 3.05) is 5.75 Å². The average Bonchev–Trinajstić information content (AvgIpc) is 2.61. The van der Waals surface area contributed by atoms with E-state index in [1.807, 2.05) is 30.9 Å². The molecule has 0 aromatic heterocycles. The molecule has 1 rings (SSSR count). The maximum Gasteiger partial charge on any atom is 0.308 e. The molecule has 1 aromatic rings. The average molecular weight is 384 g/mol. The Morgan fingerprint density at radius 2 is 1.73 bits per heavy atom. The van der Waals surface area contributed by atoms with Crippen molar-refractivity contribution in [3.8, 4) is 5.75 Å². The van der Waals surface area contributed by atoms with Crippen LogP contribution in [0.1, 0.15) is 65.9 Å². The van der Waals surface area contributed by atoms with Gasteiger partial charge in [0, 0.05) is 18.5 Å². The Bertz CT molecular complexity index is 653. The van der Waals surface area contributed by atoms with Gasteiger partial charge in [0.15, 0.2) is 0 Å². The van der Waals surface area contributed by atoms with Gasteiger partial charge in [0.2, 0.25) is 5.91 Å². The summed E-state index contributed by atoms with van der Waals surface area (Å²) in [6, 6.07) is 7.01. The molecule has 5 nitrogen and oxygen atoms in total. The zero-order chi connectivity index (χ0) is 19.7. The van der Waals surface area contributed by atoms with Gasteiger partial charge in [-0.1, -0.05) is 38.8 Å². The Labute approximate surface area is 158 Å². The van der Waals surface area contributed by atoms with E-state index in [1.54, 1.807) is 19.1 Å². The van der Waals surface area contributed by atoms with Crippen molar-refractivity contribution >= 4 is 16.0 Å². The number of carbonyl (C=O) groups excluding carboxylic acids is 1. The topological polar surface area (TPSA) is 63.7 Å². The van der Waals surface area contributed by atoms with Gasteiger partial charge in [-0.05, 0) is 51.3 Å². The maximum atomic E-state index is 12.9. The van der Waals surface area contributed by atoms with E-state index in [4.69, 9.17) is 4.18 Å². The zero-order valence-corrected chi connectivity index (χ0v) is 17.5. The number of nitrogens with zero attached hydrogens (tertiary/aromatic N) is 1. The van der Waals surface area contributed by atoms with E-state index in [9.17, 15) is 13.2 Å². The van der Waals surface area contributed by atoms with Crippen molar-refractivity contribution in [3.63, 3.8) is 0 Å². The molecular weight excluding hydrogens is 350 g/mol. The number of hydrogen-bond donors (Lipinski definition) is 0. The summed E-state index contributed by atoms with van der Waals surface area (Å²) >= 11 is 0. The van der Waals surface area contributed by atoms with Crippen LogP contribution in [0.2, 0.25) is 0 Å². The lowest BCUT2D eigenvalue weighted by Crippen LogP contribution is -2.40. The van der Waals surface area contributed by atoms with Crippen molar-refractivity contribution in [2.24, 2.45) is 5.92 Å². The molecule has 0 bridgehead atoms. The van der Waals surface area contributed by atoms with Crippen LogP contribution in [-0.2, 0) is 21.5 Å². The lowest BCUT2D eigenvalue weighted by molar-refractivity contribution is -0.138. The largest absolute Gasteiger partial charge is 0.382 e. The van der Waals surface area contributed by atoms with Gasteiger partial charge in [-0.3, -0.25) is 4.79 Å². The first-order valence-electron chi connectivity index (χ1n) is 9.55. The zero-order valence-electron chi connectivity index (χ0n) is 16.7. The molecule has 0 aliphatic rings. The predicted molar refractivity (Wildman–Crippen MR) is 106 cm³/mol. The van der Waals surface area contributed by atoms with Gasteiger partial charge in [0.05, 0.1) is 5.75 Å². The fraction of sp³-hybridized carbons (Fsp3) is 0.650. The van der Waals surface area contributed by atoms with Crippen molar-refractivity contribution in [1.29, 1.82) is 0 Å². The molecule has 0 aliphatic heterocycles. The second-order valence-corrected chi connectivity index (χ2v) is 8.74. The minimum absolute atomic E-state index is 0.0645. The van der Waals surface area contributed by atoms with Crippen molar-refractivity contribution < 1.29 is 17.4 Å². The highest BCUT2D eigenvalue weighted by atomic mass is 32.2. The molecule has 6 heteroatoms. The quantitative estimate of drug-likeness (QED) is 0.532. The van der Waals surface area contributed by atoms with Crippen molar-refractivity contribution in [1.82, 2.24) is 4.90 Å². The molecule has 0 spiro atoms. The normalized spacial score (nSPS) is 12.8. The second-order valence-electron chi connectivity index (χ2n) is 6.88. The van der Waals surface area contributed by atoms with Crippen LogP contribution in [0.25, 0.3) is 0 Å². The van der Waals surface area contributed by atoms with E-state index in [1.165, 1.54) is 0 Å². The second kappa shape index (κ2) is 10.6. The Morgan fingerprint density at radius 3 is 2.19 bits per heavy atom. The van der Waals surface area contributed by atoms with Crippen LogP contribution in [0, 0.1) is 5.92 Å². The van der Waals surface area contributed by atoms with Gasteiger partial charge in [0.25, 0.3) is 0 Å². The number of hydrogen-bond acceptors (Lipinski definition) is 4. The highest BCUT2D eigenvalue weighted by Crippen LogP contribution is 2.21. The first-order chi connectivity index (χ1) is 12.2. The summed E-state index contributed by atoms with van der Waals surface area (Å²) < 4.78 is 28.1. The molecule has 0 aliphatic carbocycles. The third-order valence-electron chi connectivity index (χ3n) is 4.51. The molecular formula is C20H33NO4S. The van der Waals surface area contributed by atoms with Gasteiger partial charge < -0.3 is 9.08 Å². The summed E-state index contributed by atoms with van der Waals surface area (Å²) in [5, 5.41) is 0. The van der Waals surface area contributed by atoms with Crippen LogP contribution in [0.3, 0.4) is 0 Å². The van der Waals surface area contributed by atoms with Crippen LogP contribution in [0.4, 0.5) is 0 Å². The highest BCUT2D eigenvalue weighted by Gasteiger charge is 2.24. The molecule has 0 radical (unpaired) electrons. The molecule has 0 saturated carbocycles. The molecule has 0 fully saturated rings. The molecule has 0 N–H and O–H groups in total. The number of amides is 1. The Hall–Kier alpha value is -1.56. The number of carbonyl (C=O) groups is 1. The third-order valence-corrected chi connectivity index (χ3v) is 5.66. The van der Waals surface area contributed by atoms with Crippen molar-refractivity contribution in [2.45, 2.75) is 72.9 Å². The van der Waals surface area contributed by atoms with E-state index in [0.717, 1.165) is 31.2 Å². The number of rotatable bonds is 11. The van der Waals surface area contributed by atoms with Gasteiger partial charge in [-0.25, -0.2) is 0 Å². The molecule has 0 heterocycles. The van der Waals surface area contributed by atoms with E-state index in [2.05, 4.69) is 13.8 Å². The van der Waals surface area contributed by atoms with E-state index in [0.29, 0.717) is 12.3 Å². The summed E-state index contributed by atoms with van der Waals surface area (Å²) in [4.78, 5) is 14.8. The summed E-state index contributed by atoms with van der Waals surface area (Å²) in [7, 11) is -3.52. The first-order valence-corrected chi connectivity index (χ1v) is 11.1. The Balaban J connectivity index is 2.85. The van der Waals surface area contributed by atoms with Gasteiger partial charge in [0.1, 0.15) is 5.75 Å². The minimum atomic E-state index is -3.52. The third kappa shape index (κ3) is 6.98. The van der Waals surface area contributed by atoms with Gasteiger partial charge in [-0.2, -0.15) is 8.42 Å². The predicted octanol–water partition coefficient (Wildman–Crippen LogP) is 4.37. The van der Waals surface area contributed by atoms with Gasteiger partial charge >= 0.3 is 10.1 Å². The van der Waals surface area contributed by atoms with Crippen LogP contribution in [-0.4, -0.2) is 31.0 Å². The first kappa shape index (κ1) is 22.5. The molecule has 0 saturated heterocycles. The number of unbranched alkanes of at least 4 members (excludes halogenated alkanes) is 1. The van der Waals surface area contributed by atoms with Crippen LogP contribution < -0.4 is 4.18 Å². The lowest BCUT2D eigenvalue weighted by Gasteiger charge is -2.30. The summed E-state index contributed by atoms with van der Waals surface area (Å²) in [6.45, 7) is 10.3. The molecule has 0 unspecified atom stereocenters. The van der Waals surface area contributed by atoms with E-state index in [-0.39, 0.29) is 23.6 Å². The summed E-state index contributed by atoms with van der Waals surface area (Å²) in [6.07, 6.45) is 3.93. The Morgan fingerprint density at radius 1 is 1.12 bits per heavy atom. The van der Waals surface area contributed by atoms with E-state index >= 15 is 0 Å². The Kier molecular flexibility index (Phi) is 9.13. The smallest absolute Gasteiger partial charge is 0.308 e. The van der Waals surface area contributed by atoms with Crippen LogP contribution in [0.15, 0.2) is 24.3 Å². The maximum absolute atomic E-state index is 12.9. The standard InChI is InChI=1S/C20H33NO4S/c1-6-9-10-18(7-2)20(22)21(16(4)5)15-17-11-13-19(14-12-17)25-26(23,24)8-3/h11-14,16,18H,6-10,15H2,1-5H3/t18-/m1/s1. The number of benzene rings is 1. The monoisotopic (exact) mass is 383 g/mol. The SMILES string of the molecule is CCCC[C@@H](CC)C(=O)N(Cc1ccc(OS(=O)(=O)CC)cc1)C(C)C. The fourth-order valence-corrected chi connectivity index (χ4v) is 3.28.